The number of ether oxygens (including phenoxy) is 1. The third-order valence-corrected chi connectivity index (χ3v) is 4.21. The Morgan fingerprint density at radius 1 is 1.32 bits per heavy atom. The number of rotatable bonds is 9. The molecule has 0 saturated heterocycles. The van der Waals surface area contributed by atoms with Crippen LogP contribution in [0.3, 0.4) is 0 Å². The highest BCUT2D eigenvalue weighted by Crippen LogP contribution is 2.24. The largest absolute Gasteiger partial charge is 0.460 e. The molecule has 0 amide bonds. The van der Waals surface area contributed by atoms with Crippen molar-refractivity contribution in [3.05, 3.63) is 29.8 Å². The van der Waals surface area contributed by atoms with E-state index in [4.69, 9.17) is 10.1 Å². The summed E-state index contributed by atoms with van der Waals surface area (Å²) in [6, 6.07) is 8.07. The second-order valence-electron chi connectivity index (χ2n) is 7.62. The van der Waals surface area contributed by atoms with E-state index in [1.807, 2.05) is 45.0 Å². The van der Waals surface area contributed by atoms with E-state index in [9.17, 15) is 4.79 Å². The summed E-state index contributed by atoms with van der Waals surface area (Å²) in [6.45, 7) is 9.92. The zero-order chi connectivity index (χ0) is 19.0. The fourth-order valence-electron chi connectivity index (χ4n) is 2.85. The van der Waals surface area contributed by atoms with Crippen molar-refractivity contribution in [3.63, 3.8) is 0 Å². The van der Waals surface area contributed by atoms with E-state index in [2.05, 4.69) is 35.1 Å². The maximum Gasteiger partial charge on any atom is 0.306 e. The van der Waals surface area contributed by atoms with Crippen molar-refractivity contribution in [1.82, 2.24) is 0 Å². The van der Waals surface area contributed by atoms with Crippen LogP contribution in [0, 0.1) is 11.3 Å². The Bertz CT molecular complexity index is 581. The van der Waals surface area contributed by atoms with Crippen LogP contribution in [-0.2, 0) is 9.53 Å². The molecule has 1 rings (SSSR count). The maximum absolute atomic E-state index is 12.0. The van der Waals surface area contributed by atoms with E-state index < -0.39 is 5.60 Å². The van der Waals surface area contributed by atoms with Gasteiger partial charge in [-0.2, -0.15) is 0 Å². The van der Waals surface area contributed by atoms with Crippen LogP contribution in [-0.4, -0.2) is 22.2 Å². The van der Waals surface area contributed by atoms with Gasteiger partial charge in [0, 0.05) is 23.7 Å². The first kappa shape index (κ1) is 21.7. The minimum absolute atomic E-state index is 0.141. The molecule has 2 atom stereocenters. The number of nitrogens with one attached hydrogen (secondary N) is 2. The highest BCUT2D eigenvalue weighted by atomic mass is 79.9. The zero-order valence-corrected chi connectivity index (χ0v) is 17.6. The Morgan fingerprint density at radius 3 is 2.52 bits per heavy atom. The molecule has 5 heteroatoms. The Balaban J connectivity index is 2.71. The van der Waals surface area contributed by atoms with Gasteiger partial charge >= 0.3 is 5.97 Å². The number of carbonyl (C=O) groups excluding carboxylic acids is 1. The van der Waals surface area contributed by atoms with Crippen LogP contribution in [0.25, 0.3) is 0 Å². The van der Waals surface area contributed by atoms with Crippen molar-refractivity contribution >= 4 is 32.2 Å². The van der Waals surface area contributed by atoms with Gasteiger partial charge in [0.25, 0.3) is 0 Å². The van der Waals surface area contributed by atoms with E-state index in [0.717, 1.165) is 30.5 Å². The molecule has 0 aliphatic carbocycles. The number of esters is 1. The quantitative estimate of drug-likeness (QED) is 0.402. The van der Waals surface area contributed by atoms with Crippen LogP contribution >= 0.6 is 15.9 Å². The monoisotopic (exact) mass is 410 g/mol. The Hall–Kier alpha value is -1.36. The number of halogens is 1. The fourth-order valence-corrected chi connectivity index (χ4v) is 3.20. The van der Waals surface area contributed by atoms with Gasteiger partial charge in [0.05, 0.1) is 0 Å². The molecule has 0 spiro atoms. The summed E-state index contributed by atoms with van der Waals surface area (Å²) in [5, 5.41) is 11.4. The number of anilines is 1. The third kappa shape index (κ3) is 8.52. The SMILES string of the molecule is CCCC(CC(C)CC(=O)OC(C)(C)C)Nc1ccccc1C(=N)Br. The van der Waals surface area contributed by atoms with Gasteiger partial charge in [-0.1, -0.05) is 38.5 Å². The molecule has 0 aliphatic heterocycles. The standard InChI is InChI=1S/C20H31BrN2O2/c1-6-9-15(12-14(2)13-18(24)25-20(3,4)5)23-17-11-8-7-10-16(17)19(21)22/h7-8,10-11,14-15,22-23H,6,9,12-13H2,1-5H3. The van der Waals surface area contributed by atoms with Gasteiger partial charge < -0.3 is 10.1 Å². The molecule has 1 aromatic carbocycles. The third-order valence-electron chi connectivity index (χ3n) is 3.78. The van der Waals surface area contributed by atoms with E-state index >= 15 is 0 Å². The second kappa shape index (κ2) is 9.95. The van der Waals surface area contributed by atoms with Gasteiger partial charge in [-0.25, -0.2) is 0 Å². The molecule has 0 aliphatic rings. The lowest BCUT2D eigenvalue weighted by Crippen LogP contribution is -2.27. The highest BCUT2D eigenvalue weighted by molar-refractivity contribution is 9.18. The summed E-state index contributed by atoms with van der Waals surface area (Å²) in [4.78, 5) is 12.0. The predicted molar refractivity (Wildman–Crippen MR) is 109 cm³/mol. The van der Waals surface area contributed by atoms with E-state index in [-0.39, 0.29) is 17.9 Å². The number of hydrogen-bond acceptors (Lipinski definition) is 4. The van der Waals surface area contributed by atoms with Crippen molar-refractivity contribution in [2.75, 3.05) is 5.32 Å². The summed E-state index contributed by atoms with van der Waals surface area (Å²) in [5.74, 6) is 0.0902. The lowest BCUT2D eigenvalue weighted by molar-refractivity contribution is -0.155. The molecule has 140 valence electrons. The zero-order valence-electron chi connectivity index (χ0n) is 16.0. The lowest BCUT2D eigenvalue weighted by atomic mass is 9.95. The smallest absolute Gasteiger partial charge is 0.306 e. The van der Waals surface area contributed by atoms with Crippen LogP contribution in [0.4, 0.5) is 5.69 Å². The van der Waals surface area contributed by atoms with Crippen LogP contribution < -0.4 is 5.32 Å². The average molecular weight is 411 g/mol. The minimum atomic E-state index is -0.437. The predicted octanol–water partition coefficient (Wildman–Crippen LogP) is 5.75. The minimum Gasteiger partial charge on any atom is -0.460 e. The fraction of sp³-hybridized carbons (Fsp3) is 0.600. The molecule has 0 radical (unpaired) electrons. The van der Waals surface area contributed by atoms with Crippen molar-refractivity contribution < 1.29 is 9.53 Å². The normalized spacial score (nSPS) is 13.8. The molecular formula is C20H31BrN2O2. The van der Waals surface area contributed by atoms with Crippen molar-refractivity contribution in [1.29, 1.82) is 5.41 Å². The van der Waals surface area contributed by atoms with Crippen molar-refractivity contribution in [2.45, 2.75) is 71.9 Å². The van der Waals surface area contributed by atoms with Crippen molar-refractivity contribution in [2.24, 2.45) is 5.92 Å². The molecule has 4 nitrogen and oxygen atoms in total. The van der Waals surface area contributed by atoms with Crippen LogP contribution in [0.15, 0.2) is 24.3 Å². The summed E-state index contributed by atoms with van der Waals surface area (Å²) in [7, 11) is 0. The van der Waals surface area contributed by atoms with Gasteiger partial charge in [0.1, 0.15) is 10.2 Å². The molecule has 0 aromatic heterocycles. The number of carbonyl (C=O) groups is 1. The highest BCUT2D eigenvalue weighted by Gasteiger charge is 2.21. The summed E-state index contributed by atoms with van der Waals surface area (Å²) in [6.07, 6.45) is 3.39. The molecule has 2 unspecified atom stereocenters. The second-order valence-corrected chi connectivity index (χ2v) is 8.41. The first-order valence-corrected chi connectivity index (χ1v) is 9.73. The van der Waals surface area contributed by atoms with Gasteiger partial charge in [-0.15, -0.1) is 0 Å². The lowest BCUT2D eigenvalue weighted by Gasteiger charge is -2.25. The molecule has 1 aromatic rings. The van der Waals surface area contributed by atoms with Crippen LogP contribution in [0.2, 0.25) is 0 Å². The number of hydrogen-bond donors (Lipinski definition) is 2. The average Bonchev–Trinajstić information content (AvgIpc) is 2.45. The summed E-state index contributed by atoms with van der Waals surface area (Å²) < 4.78 is 5.79. The topological polar surface area (TPSA) is 62.2 Å². The summed E-state index contributed by atoms with van der Waals surface area (Å²) in [5.41, 5.74) is 1.36. The van der Waals surface area contributed by atoms with Gasteiger partial charge in [-0.3, -0.25) is 10.2 Å². The molecule has 0 fully saturated rings. The Kier molecular flexibility index (Phi) is 8.63. The van der Waals surface area contributed by atoms with Gasteiger partial charge in [0.15, 0.2) is 0 Å². The molecule has 2 N–H and O–H groups in total. The maximum atomic E-state index is 12.0. The molecule has 0 saturated carbocycles. The first-order valence-electron chi connectivity index (χ1n) is 8.94. The number of para-hydroxylation sites is 1. The Morgan fingerprint density at radius 2 is 1.96 bits per heavy atom. The van der Waals surface area contributed by atoms with Crippen LogP contribution in [0.1, 0.15) is 65.9 Å². The van der Waals surface area contributed by atoms with E-state index in [1.54, 1.807) is 0 Å². The van der Waals surface area contributed by atoms with E-state index in [0.29, 0.717) is 11.0 Å². The van der Waals surface area contributed by atoms with Gasteiger partial charge in [-0.05, 0) is 61.5 Å². The van der Waals surface area contributed by atoms with Crippen LogP contribution in [0.5, 0.6) is 0 Å². The molecular weight excluding hydrogens is 380 g/mol. The number of benzene rings is 1. The molecule has 0 bridgehead atoms. The van der Waals surface area contributed by atoms with E-state index in [1.165, 1.54) is 0 Å². The first-order chi connectivity index (χ1) is 11.6. The van der Waals surface area contributed by atoms with Gasteiger partial charge in [0.2, 0.25) is 0 Å². The molecule has 0 heterocycles. The molecule has 25 heavy (non-hydrogen) atoms. The Labute approximate surface area is 160 Å². The van der Waals surface area contributed by atoms with Crippen molar-refractivity contribution in [3.8, 4) is 0 Å². The summed E-state index contributed by atoms with van der Waals surface area (Å²) >= 11 is 3.26.